The molecule has 4 amide bonds. The van der Waals surface area contributed by atoms with Gasteiger partial charge in [0.1, 0.15) is 12.1 Å². The van der Waals surface area contributed by atoms with Crippen molar-refractivity contribution >= 4 is 29.6 Å². The molecule has 3 atom stereocenters. The van der Waals surface area contributed by atoms with Gasteiger partial charge in [0.25, 0.3) is 0 Å². The fourth-order valence-electron chi connectivity index (χ4n) is 6.41. The van der Waals surface area contributed by atoms with E-state index < -0.39 is 29.9 Å². The molecule has 2 saturated carbocycles. The zero-order valence-electron chi connectivity index (χ0n) is 22.8. The summed E-state index contributed by atoms with van der Waals surface area (Å²) in [6.45, 7) is 0.250. The summed E-state index contributed by atoms with van der Waals surface area (Å²) in [4.78, 5) is 64.5. The Balaban J connectivity index is 1.38. The lowest BCUT2D eigenvalue weighted by Gasteiger charge is -2.28. The number of amides is 4. The summed E-state index contributed by atoms with van der Waals surface area (Å²) in [7, 11) is 0. The molecule has 0 radical (unpaired) electrons. The summed E-state index contributed by atoms with van der Waals surface area (Å²) < 4.78 is 0. The molecule has 1 aromatic rings. The van der Waals surface area contributed by atoms with Crippen LogP contribution in [-0.2, 0) is 30.5 Å². The summed E-state index contributed by atoms with van der Waals surface area (Å²) in [5, 5.41) is 30.6. The number of hydrogen-bond donors (Lipinski definition) is 5. The van der Waals surface area contributed by atoms with Crippen LogP contribution >= 0.6 is 0 Å². The number of rotatable bonds is 12. The molecule has 3 aliphatic rings. The zero-order valence-corrected chi connectivity index (χ0v) is 22.8. The van der Waals surface area contributed by atoms with E-state index in [1.807, 2.05) is 0 Å². The number of tetrazole rings is 1. The third-order valence-corrected chi connectivity index (χ3v) is 8.53. The van der Waals surface area contributed by atoms with E-state index in [-0.39, 0.29) is 49.6 Å². The van der Waals surface area contributed by atoms with Crippen molar-refractivity contribution < 1.29 is 29.1 Å². The normalized spacial score (nSPS) is 22.6. The van der Waals surface area contributed by atoms with Crippen molar-refractivity contribution in [3.63, 3.8) is 0 Å². The molecule has 220 valence electrons. The Kier molecular flexibility index (Phi) is 10.4. The highest BCUT2D eigenvalue weighted by Crippen LogP contribution is 2.37. The fourth-order valence-corrected chi connectivity index (χ4v) is 6.41. The van der Waals surface area contributed by atoms with E-state index >= 15 is 0 Å². The van der Waals surface area contributed by atoms with Crippen molar-refractivity contribution in [3.8, 4) is 0 Å². The molecule has 0 aromatic carbocycles. The first kappa shape index (κ1) is 29.4. The Bertz CT molecular complexity index is 1040. The Morgan fingerprint density at radius 1 is 0.950 bits per heavy atom. The summed E-state index contributed by atoms with van der Waals surface area (Å²) >= 11 is 0. The van der Waals surface area contributed by atoms with Gasteiger partial charge in [-0.3, -0.25) is 24.0 Å². The maximum absolute atomic E-state index is 13.4. The van der Waals surface area contributed by atoms with Gasteiger partial charge in [-0.15, -0.1) is 10.2 Å². The number of aromatic amines is 1. The summed E-state index contributed by atoms with van der Waals surface area (Å²) in [5.41, 5.74) is 0. The van der Waals surface area contributed by atoms with Gasteiger partial charge in [-0.25, -0.2) is 0 Å². The minimum Gasteiger partial charge on any atom is -0.481 e. The highest BCUT2D eigenvalue weighted by atomic mass is 16.4. The van der Waals surface area contributed by atoms with Crippen LogP contribution in [0.3, 0.4) is 0 Å². The van der Waals surface area contributed by atoms with Crippen LogP contribution in [0.1, 0.15) is 82.9 Å². The number of aliphatic carboxylic acids is 1. The summed E-state index contributed by atoms with van der Waals surface area (Å²) in [6, 6.07) is -1.50. The second kappa shape index (κ2) is 14.2. The van der Waals surface area contributed by atoms with Crippen LogP contribution in [0.5, 0.6) is 0 Å². The van der Waals surface area contributed by atoms with E-state index in [9.17, 15) is 24.0 Å². The molecule has 0 bridgehead atoms. The molecule has 0 spiro atoms. The van der Waals surface area contributed by atoms with Crippen LogP contribution in [0.15, 0.2) is 0 Å². The van der Waals surface area contributed by atoms with E-state index in [4.69, 9.17) is 5.11 Å². The van der Waals surface area contributed by atoms with Gasteiger partial charge in [-0.05, 0) is 37.0 Å². The first-order valence-electron chi connectivity index (χ1n) is 14.4. The number of carboxylic acid groups (broad SMARTS) is 1. The molecule has 2 heterocycles. The van der Waals surface area contributed by atoms with Crippen molar-refractivity contribution in [3.05, 3.63) is 5.82 Å². The molecule has 14 heteroatoms. The Hall–Kier alpha value is -3.58. The van der Waals surface area contributed by atoms with Gasteiger partial charge >= 0.3 is 5.97 Å². The van der Waals surface area contributed by atoms with Crippen LogP contribution in [-0.4, -0.2) is 85.4 Å². The van der Waals surface area contributed by atoms with Crippen molar-refractivity contribution in [1.29, 1.82) is 0 Å². The molecule has 40 heavy (non-hydrogen) atoms. The number of hydrogen-bond acceptors (Lipinski definition) is 8. The molecule has 1 aliphatic heterocycles. The SMILES string of the molecule is O=C(O)CCC(=O)N[C@H](C(=O)NCC(=O)N1C[C@H](C2CCCCC2)C[C@H]1C(=O)NCc1nn[nH]n1)C1CCCC1. The molecule has 1 aromatic heterocycles. The van der Waals surface area contributed by atoms with Gasteiger partial charge in [-0.1, -0.05) is 50.2 Å². The fraction of sp³-hybridized carbons (Fsp3) is 0.769. The smallest absolute Gasteiger partial charge is 0.303 e. The monoisotopic (exact) mass is 560 g/mol. The predicted molar refractivity (Wildman–Crippen MR) is 140 cm³/mol. The number of H-pyrrole nitrogens is 1. The highest BCUT2D eigenvalue weighted by Gasteiger charge is 2.42. The van der Waals surface area contributed by atoms with Crippen LogP contribution in [0.2, 0.25) is 0 Å². The maximum Gasteiger partial charge on any atom is 0.303 e. The summed E-state index contributed by atoms with van der Waals surface area (Å²) in [5.74, 6) is -1.78. The van der Waals surface area contributed by atoms with Gasteiger partial charge in [0.05, 0.1) is 19.5 Å². The number of carbonyl (C=O) groups is 5. The van der Waals surface area contributed by atoms with Gasteiger partial charge < -0.3 is 26.0 Å². The average molecular weight is 561 g/mol. The van der Waals surface area contributed by atoms with Crippen LogP contribution in [0.25, 0.3) is 0 Å². The lowest BCUT2D eigenvalue weighted by molar-refractivity contribution is -0.140. The van der Waals surface area contributed by atoms with Gasteiger partial charge in [0, 0.05) is 13.0 Å². The van der Waals surface area contributed by atoms with E-state index in [0.717, 1.165) is 51.4 Å². The van der Waals surface area contributed by atoms with Crippen molar-refractivity contribution in [2.75, 3.05) is 13.1 Å². The van der Waals surface area contributed by atoms with Gasteiger partial charge in [-0.2, -0.15) is 5.21 Å². The molecule has 5 N–H and O–H groups in total. The molecular weight excluding hydrogens is 520 g/mol. The number of likely N-dealkylation sites (tertiary alicyclic amines) is 1. The topological polar surface area (TPSA) is 199 Å². The molecule has 2 aliphatic carbocycles. The lowest BCUT2D eigenvalue weighted by atomic mass is 9.79. The maximum atomic E-state index is 13.4. The quantitative estimate of drug-likeness (QED) is 0.238. The first-order valence-corrected chi connectivity index (χ1v) is 14.4. The van der Waals surface area contributed by atoms with Crippen LogP contribution in [0, 0.1) is 17.8 Å². The number of carbonyl (C=O) groups excluding carboxylic acids is 4. The average Bonchev–Trinajstić information content (AvgIpc) is 3.75. The molecular formula is C26H40N8O6. The first-order chi connectivity index (χ1) is 19.3. The second-order valence-corrected chi connectivity index (χ2v) is 11.2. The molecule has 0 unspecified atom stereocenters. The highest BCUT2D eigenvalue weighted by molar-refractivity contribution is 5.93. The van der Waals surface area contributed by atoms with Crippen molar-refractivity contribution in [2.45, 2.75) is 95.7 Å². The molecule has 1 saturated heterocycles. The lowest BCUT2D eigenvalue weighted by Crippen LogP contribution is -2.53. The molecule has 3 fully saturated rings. The largest absolute Gasteiger partial charge is 0.481 e. The summed E-state index contributed by atoms with van der Waals surface area (Å²) in [6.07, 6.45) is 9.13. The Labute approximate surface area is 232 Å². The second-order valence-electron chi connectivity index (χ2n) is 11.2. The molecule has 4 rings (SSSR count). The Morgan fingerprint density at radius 2 is 1.68 bits per heavy atom. The van der Waals surface area contributed by atoms with Crippen molar-refractivity contribution in [2.24, 2.45) is 17.8 Å². The minimum absolute atomic E-state index is 0.0741. The minimum atomic E-state index is -1.09. The number of aromatic nitrogens is 4. The predicted octanol–water partition coefficient (Wildman–Crippen LogP) is 0.269. The van der Waals surface area contributed by atoms with Crippen molar-refractivity contribution in [1.82, 2.24) is 41.5 Å². The van der Waals surface area contributed by atoms with Gasteiger partial charge in [0.15, 0.2) is 5.82 Å². The van der Waals surface area contributed by atoms with E-state index in [1.165, 1.54) is 6.42 Å². The third kappa shape index (κ3) is 7.98. The number of carboxylic acids is 1. The zero-order chi connectivity index (χ0) is 28.5. The van der Waals surface area contributed by atoms with E-state index in [1.54, 1.807) is 4.90 Å². The van der Waals surface area contributed by atoms with E-state index in [2.05, 4.69) is 36.6 Å². The number of nitrogens with zero attached hydrogens (tertiary/aromatic N) is 4. The van der Waals surface area contributed by atoms with Crippen LogP contribution < -0.4 is 16.0 Å². The Morgan fingerprint density at radius 3 is 2.35 bits per heavy atom. The standard InChI is InChI=1S/C26H40N8O6/c35-21(10-11-23(37)38)29-24(17-8-4-5-9-17)26(40)28-14-22(36)34-15-18(16-6-2-1-3-7-16)12-19(34)25(39)27-13-20-30-32-33-31-20/h16-19,24H,1-15H2,(H,27,39)(H,28,40)(H,29,35)(H,37,38)(H,30,31,32,33)/t18-,19+,24+/m1/s1. The van der Waals surface area contributed by atoms with E-state index in [0.29, 0.717) is 24.7 Å². The third-order valence-electron chi connectivity index (χ3n) is 8.53. The molecule has 14 nitrogen and oxygen atoms in total. The van der Waals surface area contributed by atoms with Crippen LogP contribution in [0.4, 0.5) is 0 Å². The van der Waals surface area contributed by atoms with Gasteiger partial charge in [0.2, 0.25) is 23.6 Å². The number of nitrogens with one attached hydrogen (secondary N) is 4.